The minimum atomic E-state index is -0.385. The van der Waals surface area contributed by atoms with Crippen LogP contribution in [0.15, 0.2) is 48.8 Å². The molecule has 7 heteroatoms. The van der Waals surface area contributed by atoms with Crippen LogP contribution in [0.5, 0.6) is 0 Å². The fourth-order valence-electron chi connectivity index (χ4n) is 2.38. The van der Waals surface area contributed by atoms with Gasteiger partial charge >= 0.3 is 5.97 Å². The number of rotatable bonds is 5. The summed E-state index contributed by atoms with van der Waals surface area (Å²) in [5.74, 6) is -0.581. The van der Waals surface area contributed by atoms with E-state index < -0.39 is 0 Å². The molecule has 3 aromatic rings. The molecular weight excluding hydrogens is 342 g/mol. The molecule has 6 nitrogen and oxygen atoms in total. The van der Waals surface area contributed by atoms with Gasteiger partial charge in [-0.2, -0.15) is 0 Å². The monoisotopic (exact) mass is 357 g/mol. The molecule has 0 spiro atoms. The van der Waals surface area contributed by atoms with E-state index in [2.05, 4.69) is 10.3 Å². The van der Waals surface area contributed by atoms with Gasteiger partial charge in [-0.25, -0.2) is 9.78 Å². The summed E-state index contributed by atoms with van der Waals surface area (Å²) >= 11 is 5.93. The van der Waals surface area contributed by atoms with Crippen molar-refractivity contribution in [1.82, 2.24) is 9.38 Å². The van der Waals surface area contributed by atoms with Crippen molar-refractivity contribution in [3.8, 4) is 0 Å². The Morgan fingerprint density at radius 2 is 1.92 bits per heavy atom. The number of halogens is 1. The minimum absolute atomic E-state index is 0.138. The van der Waals surface area contributed by atoms with Crippen LogP contribution in [-0.2, 0) is 16.0 Å². The molecule has 0 saturated carbocycles. The maximum absolute atomic E-state index is 12.2. The maximum atomic E-state index is 12.2. The minimum Gasteiger partial charge on any atom is -0.462 e. The number of hydrogen-bond acceptors (Lipinski definition) is 4. The number of aromatic nitrogens is 2. The number of anilines is 1. The molecule has 0 radical (unpaired) electrons. The molecule has 0 bridgehead atoms. The Morgan fingerprint density at radius 1 is 1.16 bits per heavy atom. The lowest BCUT2D eigenvalue weighted by Gasteiger charge is -2.05. The first kappa shape index (κ1) is 17.0. The van der Waals surface area contributed by atoms with Crippen molar-refractivity contribution < 1.29 is 14.3 Å². The van der Waals surface area contributed by atoms with Gasteiger partial charge in [0, 0.05) is 18.1 Å². The maximum Gasteiger partial charge on any atom is 0.338 e. The highest BCUT2D eigenvalue weighted by atomic mass is 35.5. The molecule has 1 aromatic carbocycles. The van der Waals surface area contributed by atoms with Gasteiger partial charge in [0.1, 0.15) is 5.65 Å². The molecule has 1 amide bonds. The Kier molecular flexibility index (Phi) is 5.00. The van der Waals surface area contributed by atoms with Crippen LogP contribution in [-0.4, -0.2) is 27.9 Å². The largest absolute Gasteiger partial charge is 0.462 e. The van der Waals surface area contributed by atoms with E-state index in [0.29, 0.717) is 28.6 Å². The second kappa shape index (κ2) is 7.36. The van der Waals surface area contributed by atoms with Crippen LogP contribution in [0.3, 0.4) is 0 Å². The van der Waals surface area contributed by atoms with Crippen LogP contribution in [0.25, 0.3) is 5.65 Å². The fourth-order valence-corrected chi connectivity index (χ4v) is 2.54. The SMILES string of the molecule is CCOC(=O)c1ccc(NC(=O)Cc2cn3cc(Cl)ccc3n2)cc1. The smallest absolute Gasteiger partial charge is 0.338 e. The number of imidazole rings is 1. The van der Waals surface area contributed by atoms with E-state index >= 15 is 0 Å². The number of ether oxygens (including phenoxy) is 1. The number of carbonyl (C=O) groups is 2. The summed E-state index contributed by atoms with van der Waals surface area (Å²) in [5.41, 5.74) is 2.41. The Morgan fingerprint density at radius 3 is 2.64 bits per heavy atom. The van der Waals surface area contributed by atoms with Crippen LogP contribution in [0.4, 0.5) is 5.69 Å². The number of carbonyl (C=O) groups excluding carboxylic acids is 2. The summed E-state index contributed by atoms with van der Waals surface area (Å²) in [4.78, 5) is 28.1. The average Bonchev–Trinajstić information content (AvgIpc) is 2.96. The molecule has 0 fully saturated rings. The second-order valence-electron chi connectivity index (χ2n) is 5.37. The molecule has 2 aromatic heterocycles. The number of nitrogens with one attached hydrogen (secondary N) is 1. The first-order chi connectivity index (χ1) is 12.0. The Bertz CT molecular complexity index is 919. The third-order valence-corrected chi connectivity index (χ3v) is 3.71. The van der Waals surface area contributed by atoms with Crippen molar-refractivity contribution in [1.29, 1.82) is 0 Å². The number of amides is 1. The molecule has 0 saturated heterocycles. The number of benzene rings is 1. The molecule has 25 heavy (non-hydrogen) atoms. The lowest BCUT2D eigenvalue weighted by Crippen LogP contribution is -2.14. The predicted octanol–water partition coefficient (Wildman–Crippen LogP) is 3.35. The number of esters is 1. The van der Waals surface area contributed by atoms with Crippen molar-refractivity contribution in [2.24, 2.45) is 0 Å². The topological polar surface area (TPSA) is 72.7 Å². The van der Waals surface area contributed by atoms with Crippen molar-refractivity contribution in [2.45, 2.75) is 13.3 Å². The van der Waals surface area contributed by atoms with E-state index in [9.17, 15) is 9.59 Å². The standard InChI is InChI=1S/C18H16ClN3O3/c1-2-25-18(24)12-3-6-14(7-4-12)21-17(23)9-15-11-22-10-13(19)5-8-16(22)20-15/h3-8,10-11H,2,9H2,1H3,(H,21,23). The van der Waals surface area contributed by atoms with Crippen LogP contribution >= 0.6 is 11.6 Å². The van der Waals surface area contributed by atoms with Crippen LogP contribution in [0, 0.1) is 0 Å². The quantitative estimate of drug-likeness (QED) is 0.711. The lowest BCUT2D eigenvalue weighted by atomic mass is 10.2. The zero-order valence-corrected chi connectivity index (χ0v) is 14.3. The summed E-state index contributed by atoms with van der Waals surface area (Å²) < 4.78 is 6.70. The van der Waals surface area contributed by atoms with Crippen molar-refractivity contribution >= 4 is 34.8 Å². The lowest BCUT2D eigenvalue weighted by molar-refractivity contribution is -0.115. The van der Waals surface area contributed by atoms with Crippen molar-refractivity contribution in [2.75, 3.05) is 11.9 Å². The van der Waals surface area contributed by atoms with Crippen molar-refractivity contribution in [3.05, 3.63) is 65.1 Å². The first-order valence-corrected chi connectivity index (χ1v) is 8.13. The van der Waals surface area contributed by atoms with Gasteiger partial charge < -0.3 is 14.5 Å². The molecule has 0 atom stereocenters. The molecular formula is C18H16ClN3O3. The normalized spacial score (nSPS) is 10.6. The molecule has 2 heterocycles. The fraction of sp³-hybridized carbons (Fsp3) is 0.167. The van der Waals surface area contributed by atoms with E-state index in [-0.39, 0.29) is 18.3 Å². The van der Waals surface area contributed by atoms with E-state index in [1.54, 1.807) is 60.1 Å². The van der Waals surface area contributed by atoms with Gasteiger partial charge in [-0.15, -0.1) is 0 Å². The summed E-state index contributed by atoms with van der Waals surface area (Å²) in [5, 5.41) is 3.38. The van der Waals surface area contributed by atoms with Gasteiger partial charge in [-0.05, 0) is 43.3 Å². The first-order valence-electron chi connectivity index (χ1n) is 7.75. The van der Waals surface area contributed by atoms with Gasteiger partial charge in [0.25, 0.3) is 0 Å². The predicted molar refractivity (Wildman–Crippen MR) is 94.9 cm³/mol. The molecule has 0 unspecified atom stereocenters. The van der Waals surface area contributed by atoms with E-state index in [1.165, 1.54) is 0 Å². The summed E-state index contributed by atoms with van der Waals surface area (Å²) in [7, 11) is 0. The van der Waals surface area contributed by atoms with Crippen LogP contribution in [0.2, 0.25) is 5.02 Å². The molecule has 0 aliphatic rings. The zero-order chi connectivity index (χ0) is 17.8. The Labute approximate surface area is 149 Å². The Hall–Kier alpha value is -2.86. The van der Waals surface area contributed by atoms with Gasteiger partial charge in [-0.3, -0.25) is 4.79 Å². The van der Waals surface area contributed by atoms with Gasteiger partial charge in [0.2, 0.25) is 5.91 Å². The molecule has 1 N–H and O–H groups in total. The third kappa shape index (κ3) is 4.16. The summed E-state index contributed by atoms with van der Waals surface area (Å²) in [6.45, 7) is 2.07. The van der Waals surface area contributed by atoms with Gasteiger partial charge in [0.05, 0.1) is 29.3 Å². The van der Waals surface area contributed by atoms with Crippen LogP contribution in [0.1, 0.15) is 23.0 Å². The molecule has 0 aliphatic heterocycles. The van der Waals surface area contributed by atoms with Gasteiger partial charge in [-0.1, -0.05) is 11.6 Å². The van der Waals surface area contributed by atoms with Crippen molar-refractivity contribution in [3.63, 3.8) is 0 Å². The summed E-state index contributed by atoms with van der Waals surface area (Å²) in [6, 6.07) is 10.1. The highest BCUT2D eigenvalue weighted by Gasteiger charge is 2.10. The number of hydrogen-bond donors (Lipinski definition) is 1. The van der Waals surface area contributed by atoms with Crippen LogP contribution < -0.4 is 5.32 Å². The molecule has 128 valence electrons. The number of nitrogens with zero attached hydrogens (tertiary/aromatic N) is 2. The van der Waals surface area contributed by atoms with E-state index in [4.69, 9.17) is 16.3 Å². The highest BCUT2D eigenvalue weighted by Crippen LogP contribution is 2.14. The number of fused-ring (bicyclic) bond motifs is 1. The Balaban J connectivity index is 1.64. The van der Waals surface area contributed by atoms with Gasteiger partial charge in [0.15, 0.2) is 0 Å². The molecule has 0 aliphatic carbocycles. The number of pyridine rings is 1. The second-order valence-corrected chi connectivity index (χ2v) is 5.80. The third-order valence-electron chi connectivity index (χ3n) is 3.49. The summed E-state index contributed by atoms with van der Waals surface area (Å²) in [6.07, 6.45) is 3.64. The van der Waals surface area contributed by atoms with E-state index in [1.807, 2.05) is 0 Å². The average molecular weight is 358 g/mol. The van der Waals surface area contributed by atoms with E-state index in [0.717, 1.165) is 5.65 Å². The zero-order valence-electron chi connectivity index (χ0n) is 13.5. The highest BCUT2D eigenvalue weighted by molar-refractivity contribution is 6.30. The molecule has 3 rings (SSSR count).